The highest BCUT2D eigenvalue weighted by atomic mass is 16.3. The Labute approximate surface area is 813 Å². The van der Waals surface area contributed by atoms with Gasteiger partial charge >= 0.3 is 0 Å². The molecule has 19 nitrogen and oxygen atoms in total. The molecule has 1 saturated carbocycles. The number of Topliss-reactive ketones (excluding diaryl/α,β-unsaturated/α-hetero) is 1. The van der Waals surface area contributed by atoms with Crippen molar-refractivity contribution in [1.29, 1.82) is 0 Å². The van der Waals surface area contributed by atoms with E-state index in [2.05, 4.69) is 198 Å². The van der Waals surface area contributed by atoms with Crippen molar-refractivity contribution in [3.8, 4) is 34.5 Å². The van der Waals surface area contributed by atoms with Gasteiger partial charge in [0.2, 0.25) is 0 Å². The Morgan fingerprint density at radius 3 is 1.51 bits per heavy atom. The molecule has 6 fully saturated rings. The first kappa shape index (κ1) is 99.5. The van der Waals surface area contributed by atoms with Gasteiger partial charge in [-0.15, -0.1) is 0 Å². The lowest BCUT2D eigenvalue weighted by atomic mass is 9.52. The molecule has 10 atom stereocenters. The second-order valence-electron chi connectivity index (χ2n) is 43.0. The van der Waals surface area contributed by atoms with E-state index in [9.17, 15) is 50.4 Å². The minimum Gasteiger partial charge on any atom is -0.508 e. The van der Waals surface area contributed by atoms with Gasteiger partial charge in [0.25, 0.3) is 5.91 Å². The summed E-state index contributed by atoms with van der Waals surface area (Å²) in [6, 6.07) is 64.2. The Kier molecular flexibility index (Phi) is 30.4. The maximum atomic E-state index is 13.6. The lowest BCUT2D eigenvalue weighted by Crippen LogP contribution is -2.61. The number of aromatic hydroxyl groups is 6. The van der Waals surface area contributed by atoms with Crippen molar-refractivity contribution in [2.24, 2.45) is 23.7 Å². The fraction of sp³-hybridized carbons (Fsp3) is 0.492. The number of likely N-dealkylation sites (tertiary alicyclic amines) is 5. The number of hydrogen-bond donors (Lipinski definition) is 9. The minimum atomic E-state index is -0.730. The number of phenols is 6. The summed E-state index contributed by atoms with van der Waals surface area (Å²) in [5.74, 6) is 4.06. The smallest absolute Gasteiger partial charge is 0.271 e. The summed E-state index contributed by atoms with van der Waals surface area (Å²) in [6.07, 6.45) is 22.2. The number of H-pyrrole nitrogens is 1. The van der Waals surface area contributed by atoms with Gasteiger partial charge in [-0.3, -0.25) is 19.6 Å². The molecule has 5 aliphatic heterocycles. The van der Waals surface area contributed by atoms with Crippen molar-refractivity contribution >= 4 is 33.5 Å². The molecule has 8 heterocycles. The van der Waals surface area contributed by atoms with E-state index >= 15 is 0 Å². The number of nitrogens with zero attached hydrogens (tertiary/aromatic N) is 8. The number of piperidine rings is 4. The summed E-state index contributed by atoms with van der Waals surface area (Å²) >= 11 is 0. The monoisotopic (exact) mass is 1850 g/mol. The van der Waals surface area contributed by atoms with Gasteiger partial charge in [-0.1, -0.05) is 156 Å². The number of aromatic amines is 1. The number of benzene rings is 8. The lowest BCUT2D eigenvalue weighted by molar-refractivity contribution is -0.126. The van der Waals surface area contributed by atoms with Crippen LogP contribution in [0.2, 0.25) is 0 Å². The quantitative estimate of drug-likeness (QED) is 0.0520. The number of amides is 1. The zero-order valence-electron chi connectivity index (χ0n) is 83.6. The van der Waals surface area contributed by atoms with E-state index in [0.29, 0.717) is 64.7 Å². The van der Waals surface area contributed by atoms with E-state index in [1.165, 1.54) is 93.3 Å². The third-order valence-corrected chi connectivity index (χ3v) is 34.2. The predicted octanol–water partition coefficient (Wildman–Crippen LogP) is 20.2. The maximum Gasteiger partial charge on any atom is 0.271 e. The highest BCUT2D eigenvalue weighted by Crippen LogP contribution is 2.59. The second-order valence-corrected chi connectivity index (χ2v) is 43.0. The molecular formula is C118H151N9O10. The zero-order valence-corrected chi connectivity index (χ0v) is 83.6. The number of rotatable bonds is 13. The van der Waals surface area contributed by atoms with Crippen molar-refractivity contribution < 1.29 is 50.4 Å². The van der Waals surface area contributed by atoms with Crippen LogP contribution in [-0.4, -0.2) is 209 Å². The van der Waals surface area contributed by atoms with Crippen molar-refractivity contribution in [2.45, 2.75) is 254 Å². The van der Waals surface area contributed by atoms with Crippen molar-refractivity contribution in [1.82, 2.24) is 44.4 Å². The summed E-state index contributed by atoms with van der Waals surface area (Å²) in [5, 5.41) is 83.5. The van der Waals surface area contributed by atoms with Gasteiger partial charge in [-0.05, 0) is 370 Å². The molecule has 1 unspecified atom stereocenters. The molecule has 8 aromatic carbocycles. The summed E-state index contributed by atoms with van der Waals surface area (Å²) in [5.41, 5.74) is 19.3. The van der Waals surface area contributed by atoms with Crippen LogP contribution in [0.1, 0.15) is 239 Å². The van der Waals surface area contributed by atoms with Gasteiger partial charge in [0.05, 0.1) is 28.7 Å². The average molecular weight is 1860 g/mol. The molecule has 5 aliphatic carbocycles. The van der Waals surface area contributed by atoms with Crippen LogP contribution in [0.15, 0.2) is 194 Å². The summed E-state index contributed by atoms with van der Waals surface area (Å²) in [6.45, 7) is 26.1. The number of likely N-dealkylation sites (N-methyl/N-ethyl adjacent to an activating group) is 2. The molecule has 137 heavy (non-hydrogen) atoms. The van der Waals surface area contributed by atoms with Crippen molar-refractivity contribution in [3.63, 3.8) is 0 Å². The number of carbonyl (C=O) groups is 2. The van der Waals surface area contributed by atoms with E-state index in [-0.39, 0.29) is 68.9 Å². The van der Waals surface area contributed by atoms with Gasteiger partial charge < -0.3 is 75.2 Å². The van der Waals surface area contributed by atoms with Gasteiger partial charge in [0.1, 0.15) is 46.0 Å². The first-order valence-corrected chi connectivity index (χ1v) is 51.2. The molecule has 0 radical (unpaired) electrons. The molecule has 11 aromatic rings. The fourth-order valence-electron chi connectivity index (χ4n) is 26.6. The molecule has 21 rings (SSSR count). The van der Waals surface area contributed by atoms with Crippen LogP contribution in [0.3, 0.4) is 0 Å². The molecule has 3 aromatic heterocycles. The third kappa shape index (κ3) is 20.3. The fourth-order valence-corrected chi connectivity index (χ4v) is 26.6. The van der Waals surface area contributed by atoms with Gasteiger partial charge in [-0.25, -0.2) is 0 Å². The Balaban J connectivity index is 0.000000122. The number of para-hydroxylation sites is 2. The average Bonchev–Trinajstić information content (AvgIpc) is 1.68. The van der Waals surface area contributed by atoms with E-state index in [1.54, 1.807) is 42.5 Å². The highest BCUT2D eigenvalue weighted by molar-refractivity contribution is 5.95. The maximum absolute atomic E-state index is 13.6. The van der Waals surface area contributed by atoms with Crippen LogP contribution in [0, 0.1) is 30.6 Å². The van der Waals surface area contributed by atoms with Gasteiger partial charge in [0.15, 0.2) is 0 Å². The Hall–Kier alpha value is -10.5. The standard InChI is InChI=1S/C28H39N3O3.2C23H24N2O.C15H21NO2.C15H23NO.C14H20O2/c1-15(2)31(16(3)4)27(34)25-17(5)20-12-21-23-11-18-7-8-19(14-32)26(33)24(18)28(21,9-10-30(23)6)13-22(20)29-25;2*1-25-10-9-23(18-6-4-7-20(26)13-18)14-22-17(12-19(23)15-25)11-16-5-2-3-8-21(16)24-22;1-3-14(18)15(7-9-16(2)10-8-15)12-5-4-6-13(17)11-12;1-3-15(9-4-5-10-16(2)12-15)13-7-6-8-14(17)11-13;1-2-11-6-3-4-9-14(11,16)12-7-5-8-13(15)10-12/h7-8,15-16,21,23,29,32-33H,9-14H2,1-6H3;2*2-8,11,13,19,26H,9-10,12,14-15H2,1H3;4-6,11,17H,3,7-10H2,1-2H3;6-8,11,17H,3-5,9-10,12H2,1-2H3;5,7-8,10-11,15-16H,2-4,6,9H2,1H3/t21-,23+,28-;2*19-,23+;;;11-,14+/m010..0/s1. The third-order valence-electron chi connectivity index (χ3n) is 34.2. The number of hydrogen-bond acceptors (Lipinski definition) is 17. The van der Waals surface area contributed by atoms with Crippen molar-refractivity contribution in [3.05, 3.63) is 284 Å². The number of aliphatic hydroxyl groups is 2. The first-order valence-electron chi connectivity index (χ1n) is 51.2. The molecule has 728 valence electrons. The van der Waals surface area contributed by atoms with E-state index in [4.69, 9.17) is 9.97 Å². The molecule has 1 amide bonds. The molecule has 0 spiro atoms. The lowest BCUT2D eigenvalue weighted by Gasteiger charge is -2.58. The van der Waals surface area contributed by atoms with Crippen molar-refractivity contribution in [2.75, 3.05) is 94.1 Å². The van der Waals surface area contributed by atoms with E-state index < -0.39 is 5.60 Å². The van der Waals surface area contributed by atoms with Gasteiger partial charge in [-0.2, -0.15) is 0 Å². The molecular weight excluding hydrogens is 1700 g/mol. The number of fused-ring (bicyclic) bond motifs is 8. The largest absolute Gasteiger partial charge is 0.508 e. The summed E-state index contributed by atoms with van der Waals surface area (Å²) in [4.78, 5) is 53.7. The van der Waals surface area contributed by atoms with Crippen LogP contribution < -0.4 is 0 Å². The van der Waals surface area contributed by atoms with Crippen LogP contribution >= 0.6 is 0 Å². The SMILES string of the molecule is CCC(=O)C1(c2cccc(O)c2)CCN(C)CC1.CCC1(c2cccc(O)c2)CCCCN(C)C1.CC[C@H]1CCCC[C@]1(O)c1cccc(O)c1.CN1CC[C@@]2(c3cccc(O)c3)Cc3nc4ccccc4cc3C[C@@H]2C1.CN1CC[C@]2(c3cccc(O)c3)Cc3nc4ccccc4cc3C[C@H]2C1.Cc1c(C(=O)N(C(C)C)C(C)C)[nH]c2c1C[C@H]1[C@H]3Cc4ccc(CO)c(O)c4[C@@]1(CCN3C)C2. The Morgan fingerprint density at radius 2 is 0.985 bits per heavy atom. The second kappa shape index (κ2) is 41.9. The van der Waals surface area contributed by atoms with E-state index in [0.717, 1.165) is 206 Å². The number of ketones is 1. The summed E-state index contributed by atoms with van der Waals surface area (Å²) in [7, 11) is 11.0. The number of phenolic OH excluding ortho intramolecular Hbond substituents is 5. The highest BCUT2D eigenvalue weighted by Gasteiger charge is 2.58. The molecule has 5 saturated heterocycles. The van der Waals surface area contributed by atoms with Crippen LogP contribution in [0.4, 0.5) is 0 Å². The predicted molar refractivity (Wildman–Crippen MR) is 550 cm³/mol. The van der Waals surface area contributed by atoms with Gasteiger partial charge in [0, 0.05) is 118 Å². The Bertz CT molecular complexity index is 5910. The summed E-state index contributed by atoms with van der Waals surface area (Å²) < 4.78 is 0. The number of aliphatic hydroxyl groups excluding tert-OH is 1. The van der Waals surface area contributed by atoms with Crippen LogP contribution in [0.25, 0.3) is 21.8 Å². The van der Waals surface area contributed by atoms with E-state index in [1.807, 2.05) is 78.6 Å². The molecule has 19 heteroatoms. The minimum absolute atomic E-state index is 0.0725. The number of aromatic nitrogens is 3. The first-order chi connectivity index (χ1) is 65.8. The molecule has 9 N–H and O–H groups in total. The Morgan fingerprint density at radius 1 is 0.489 bits per heavy atom. The normalized spacial score (nSPS) is 25.6. The zero-order chi connectivity index (χ0) is 97.0. The number of carbonyl (C=O) groups excluding carboxylic acids is 2. The van der Waals surface area contributed by atoms with Crippen LogP contribution in [-0.2, 0) is 89.0 Å². The molecule has 2 bridgehead atoms. The molecule has 10 aliphatic rings. The number of nitrogens with one attached hydrogen (secondary N) is 1. The topological polar surface area (TPSA) is 257 Å². The van der Waals surface area contributed by atoms with Crippen LogP contribution in [0.5, 0.6) is 34.5 Å². The number of pyridine rings is 2.